The molecule has 0 unspecified atom stereocenters. The fraction of sp³-hybridized carbons (Fsp3) is 0.333. The molecule has 2 heterocycles. The quantitative estimate of drug-likeness (QED) is 0.934. The number of nitrogens with one attached hydrogen (secondary N) is 1. The molecule has 2 amide bonds. The number of aromatic nitrogens is 2. The van der Waals surface area contributed by atoms with Gasteiger partial charge in [-0.15, -0.1) is 0 Å². The summed E-state index contributed by atoms with van der Waals surface area (Å²) in [6.07, 6.45) is 6.02. The lowest BCUT2D eigenvalue weighted by molar-refractivity contribution is 0.0692. The highest BCUT2D eigenvalue weighted by atomic mass is 16.2. The Balaban J connectivity index is 1.54. The molecule has 6 heteroatoms. The zero-order valence-corrected chi connectivity index (χ0v) is 13.6. The highest BCUT2D eigenvalue weighted by Crippen LogP contribution is 2.14. The second-order valence-electron chi connectivity index (χ2n) is 6.00. The second-order valence-corrected chi connectivity index (χ2v) is 6.00. The number of amides is 2. The van der Waals surface area contributed by atoms with E-state index < -0.39 is 0 Å². The number of likely N-dealkylation sites (tertiary alicyclic amines) is 1. The molecule has 1 saturated heterocycles. The normalized spacial score (nSPS) is 15.1. The first kappa shape index (κ1) is 16.1. The van der Waals surface area contributed by atoms with E-state index in [9.17, 15) is 9.59 Å². The Morgan fingerprint density at radius 2 is 2.00 bits per heavy atom. The topological polar surface area (TPSA) is 75.2 Å². The standard InChI is InChI=1S/C18H20N4O2/c1-13-3-2-4-14(11-13)17(23)21-15-5-9-22(10-6-15)18(24)16-12-19-7-8-20-16/h2-4,7-8,11-12,15H,5-6,9-10H2,1H3,(H,21,23). The third-order valence-electron chi connectivity index (χ3n) is 4.18. The number of carbonyl (C=O) groups excluding carboxylic acids is 2. The summed E-state index contributed by atoms with van der Waals surface area (Å²) in [7, 11) is 0. The van der Waals surface area contributed by atoms with Gasteiger partial charge in [-0.2, -0.15) is 0 Å². The molecule has 0 saturated carbocycles. The monoisotopic (exact) mass is 324 g/mol. The summed E-state index contributed by atoms with van der Waals surface area (Å²) in [6.45, 7) is 3.18. The molecule has 1 aromatic heterocycles. The zero-order chi connectivity index (χ0) is 16.9. The van der Waals surface area contributed by atoms with Gasteiger partial charge in [-0.25, -0.2) is 4.98 Å². The second kappa shape index (κ2) is 7.21. The van der Waals surface area contributed by atoms with Gasteiger partial charge in [0.25, 0.3) is 11.8 Å². The fourth-order valence-corrected chi connectivity index (χ4v) is 2.85. The molecule has 0 atom stereocenters. The molecule has 24 heavy (non-hydrogen) atoms. The predicted molar refractivity (Wildman–Crippen MR) is 89.6 cm³/mol. The van der Waals surface area contributed by atoms with E-state index in [4.69, 9.17) is 0 Å². The number of hydrogen-bond acceptors (Lipinski definition) is 4. The van der Waals surface area contributed by atoms with Crippen molar-refractivity contribution in [2.75, 3.05) is 13.1 Å². The largest absolute Gasteiger partial charge is 0.349 e. The van der Waals surface area contributed by atoms with Crippen molar-refractivity contribution >= 4 is 11.8 Å². The van der Waals surface area contributed by atoms with Crippen molar-refractivity contribution in [1.29, 1.82) is 0 Å². The molecule has 6 nitrogen and oxygen atoms in total. The van der Waals surface area contributed by atoms with Crippen molar-refractivity contribution in [1.82, 2.24) is 20.2 Å². The highest BCUT2D eigenvalue weighted by molar-refractivity contribution is 5.94. The maximum absolute atomic E-state index is 12.3. The molecule has 1 aliphatic rings. The average molecular weight is 324 g/mol. The van der Waals surface area contributed by atoms with E-state index in [0.717, 1.165) is 18.4 Å². The summed E-state index contributed by atoms with van der Waals surface area (Å²) in [4.78, 5) is 34.4. The van der Waals surface area contributed by atoms with Crippen LogP contribution in [0.3, 0.4) is 0 Å². The first-order chi connectivity index (χ1) is 11.6. The molecule has 0 radical (unpaired) electrons. The Morgan fingerprint density at radius 3 is 2.67 bits per heavy atom. The summed E-state index contributed by atoms with van der Waals surface area (Å²) in [5.74, 6) is -0.163. The van der Waals surface area contributed by atoms with Crippen LogP contribution in [-0.4, -0.2) is 45.8 Å². The van der Waals surface area contributed by atoms with E-state index in [0.29, 0.717) is 24.3 Å². The smallest absolute Gasteiger partial charge is 0.274 e. The SMILES string of the molecule is Cc1cccc(C(=O)NC2CCN(C(=O)c3cnccn3)CC2)c1. The lowest BCUT2D eigenvalue weighted by atomic mass is 10.0. The van der Waals surface area contributed by atoms with Crippen molar-refractivity contribution in [2.45, 2.75) is 25.8 Å². The van der Waals surface area contributed by atoms with Crippen LogP contribution in [0.5, 0.6) is 0 Å². The number of carbonyl (C=O) groups is 2. The van der Waals surface area contributed by atoms with E-state index in [1.54, 1.807) is 11.1 Å². The molecule has 1 aliphatic heterocycles. The maximum atomic E-state index is 12.3. The van der Waals surface area contributed by atoms with Crippen molar-refractivity contribution in [3.8, 4) is 0 Å². The Kier molecular flexibility index (Phi) is 4.84. The zero-order valence-electron chi connectivity index (χ0n) is 13.6. The molecule has 0 bridgehead atoms. The van der Waals surface area contributed by atoms with Crippen molar-refractivity contribution in [2.24, 2.45) is 0 Å². The molecule has 2 aromatic rings. The molecular weight excluding hydrogens is 304 g/mol. The summed E-state index contributed by atoms with van der Waals surface area (Å²) in [6, 6.07) is 7.63. The van der Waals surface area contributed by atoms with E-state index in [-0.39, 0.29) is 17.9 Å². The van der Waals surface area contributed by atoms with Crippen molar-refractivity contribution in [3.63, 3.8) is 0 Å². The van der Waals surface area contributed by atoms with E-state index >= 15 is 0 Å². The Morgan fingerprint density at radius 1 is 1.21 bits per heavy atom. The Hall–Kier alpha value is -2.76. The number of nitrogens with zero attached hydrogens (tertiary/aromatic N) is 3. The van der Waals surface area contributed by atoms with Crippen LogP contribution in [0, 0.1) is 6.92 Å². The van der Waals surface area contributed by atoms with Crippen LogP contribution >= 0.6 is 0 Å². The van der Waals surface area contributed by atoms with Crippen LogP contribution in [0.1, 0.15) is 39.3 Å². The van der Waals surface area contributed by atoms with Gasteiger partial charge in [0.1, 0.15) is 5.69 Å². The van der Waals surface area contributed by atoms with Gasteiger partial charge < -0.3 is 10.2 Å². The van der Waals surface area contributed by atoms with Gasteiger partial charge in [0.15, 0.2) is 0 Å². The number of hydrogen-bond donors (Lipinski definition) is 1. The minimum absolute atomic E-state index is 0.0580. The summed E-state index contributed by atoms with van der Waals surface area (Å²) in [5, 5.41) is 3.06. The van der Waals surface area contributed by atoms with Crippen LogP contribution in [0.15, 0.2) is 42.9 Å². The summed E-state index contributed by atoms with van der Waals surface area (Å²) >= 11 is 0. The van der Waals surface area contributed by atoms with Crippen LogP contribution in [0.25, 0.3) is 0 Å². The van der Waals surface area contributed by atoms with E-state index in [1.165, 1.54) is 12.4 Å². The number of aryl methyl sites for hydroxylation is 1. The minimum Gasteiger partial charge on any atom is -0.349 e. The third-order valence-corrected chi connectivity index (χ3v) is 4.18. The summed E-state index contributed by atoms with van der Waals surface area (Å²) in [5.41, 5.74) is 2.10. The molecule has 0 spiro atoms. The van der Waals surface area contributed by atoms with Gasteiger partial charge in [-0.1, -0.05) is 17.7 Å². The van der Waals surface area contributed by atoms with Gasteiger partial charge in [0.05, 0.1) is 6.20 Å². The van der Waals surface area contributed by atoms with Gasteiger partial charge in [0.2, 0.25) is 0 Å². The molecule has 3 rings (SSSR count). The molecular formula is C18H20N4O2. The third kappa shape index (κ3) is 3.76. The van der Waals surface area contributed by atoms with Gasteiger partial charge >= 0.3 is 0 Å². The van der Waals surface area contributed by atoms with Gasteiger partial charge in [-0.05, 0) is 31.9 Å². The lowest BCUT2D eigenvalue weighted by Crippen LogP contribution is -2.46. The molecule has 0 aliphatic carbocycles. The predicted octanol–water partition coefficient (Wildman–Crippen LogP) is 1.82. The van der Waals surface area contributed by atoms with E-state index in [1.807, 2.05) is 31.2 Å². The molecule has 1 fully saturated rings. The van der Waals surface area contributed by atoms with Crippen molar-refractivity contribution < 1.29 is 9.59 Å². The lowest BCUT2D eigenvalue weighted by Gasteiger charge is -2.32. The Labute approximate surface area is 140 Å². The minimum atomic E-state index is -0.105. The molecule has 1 aromatic carbocycles. The van der Waals surface area contributed by atoms with Crippen molar-refractivity contribution in [3.05, 3.63) is 59.7 Å². The maximum Gasteiger partial charge on any atom is 0.274 e. The first-order valence-corrected chi connectivity index (χ1v) is 8.06. The summed E-state index contributed by atoms with van der Waals surface area (Å²) < 4.78 is 0. The van der Waals surface area contributed by atoms with Crippen LogP contribution in [0.4, 0.5) is 0 Å². The number of rotatable bonds is 3. The van der Waals surface area contributed by atoms with Crippen LogP contribution in [-0.2, 0) is 0 Å². The Bertz CT molecular complexity index is 725. The van der Waals surface area contributed by atoms with Gasteiger partial charge in [-0.3, -0.25) is 14.6 Å². The highest BCUT2D eigenvalue weighted by Gasteiger charge is 2.25. The van der Waals surface area contributed by atoms with Gasteiger partial charge in [0, 0.05) is 37.1 Å². The van der Waals surface area contributed by atoms with Crippen LogP contribution < -0.4 is 5.32 Å². The fourth-order valence-electron chi connectivity index (χ4n) is 2.85. The molecule has 124 valence electrons. The first-order valence-electron chi connectivity index (χ1n) is 8.06. The van der Waals surface area contributed by atoms with Crippen LogP contribution in [0.2, 0.25) is 0 Å². The average Bonchev–Trinajstić information content (AvgIpc) is 2.62. The number of benzene rings is 1. The number of piperidine rings is 1. The molecule has 1 N–H and O–H groups in total. The van der Waals surface area contributed by atoms with E-state index in [2.05, 4.69) is 15.3 Å².